The number of hydrogen-bond donors (Lipinski definition) is 1. The van der Waals surface area contributed by atoms with Crippen LogP contribution < -0.4 is 5.32 Å². The molecule has 1 heterocycles. The van der Waals surface area contributed by atoms with Gasteiger partial charge in [-0.3, -0.25) is 0 Å². The number of halogens is 2. The van der Waals surface area contributed by atoms with Crippen LogP contribution >= 0.6 is 17.0 Å². The third kappa shape index (κ3) is 2.24. The lowest BCUT2D eigenvalue weighted by Crippen LogP contribution is -2.08. The third-order valence-corrected chi connectivity index (χ3v) is 1.00. The highest BCUT2D eigenvalue weighted by atomic mass is 79.9. The quantitative estimate of drug-likeness (QED) is 0.569. The standard InChI is InChI=1S/C4H8FN.BrH/c5-4-1-2-6-3-4;/h4,6H,1-3H2;1H/t4-;/m0./s1. The summed E-state index contributed by atoms with van der Waals surface area (Å²) in [5.74, 6) is 0. The van der Waals surface area contributed by atoms with E-state index in [1.165, 1.54) is 0 Å². The lowest BCUT2D eigenvalue weighted by molar-refractivity contribution is 0.361. The molecule has 1 aliphatic heterocycles. The maximum absolute atomic E-state index is 11.9. The van der Waals surface area contributed by atoms with Crippen LogP contribution in [0.25, 0.3) is 0 Å². The Hall–Kier alpha value is 0.370. The van der Waals surface area contributed by atoms with Crippen molar-refractivity contribution in [3.05, 3.63) is 0 Å². The predicted molar refractivity (Wildman–Crippen MR) is 32.7 cm³/mol. The molecule has 0 bridgehead atoms. The summed E-state index contributed by atoms with van der Waals surface area (Å²) in [5, 5.41) is 2.90. The van der Waals surface area contributed by atoms with Crippen molar-refractivity contribution in [2.45, 2.75) is 12.6 Å². The summed E-state index contributed by atoms with van der Waals surface area (Å²) in [5.41, 5.74) is 0. The van der Waals surface area contributed by atoms with Gasteiger partial charge >= 0.3 is 0 Å². The second-order valence-electron chi connectivity index (χ2n) is 1.59. The van der Waals surface area contributed by atoms with E-state index in [0.717, 1.165) is 6.54 Å². The van der Waals surface area contributed by atoms with Crippen molar-refractivity contribution in [2.24, 2.45) is 0 Å². The van der Waals surface area contributed by atoms with Crippen molar-refractivity contribution in [2.75, 3.05) is 13.1 Å². The van der Waals surface area contributed by atoms with E-state index in [4.69, 9.17) is 0 Å². The average molecular weight is 170 g/mol. The van der Waals surface area contributed by atoms with Crippen LogP contribution in [-0.2, 0) is 0 Å². The third-order valence-electron chi connectivity index (χ3n) is 1.00. The van der Waals surface area contributed by atoms with Gasteiger partial charge in [0, 0.05) is 6.54 Å². The zero-order valence-corrected chi connectivity index (χ0v) is 5.70. The molecule has 1 rings (SSSR count). The molecule has 1 aliphatic rings. The fourth-order valence-corrected chi connectivity index (χ4v) is 0.619. The summed E-state index contributed by atoms with van der Waals surface area (Å²) in [7, 11) is 0. The molecule has 0 aromatic heterocycles. The van der Waals surface area contributed by atoms with Crippen molar-refractivity contribution in [1.29, 1.82) is 0 Å². The highest BCUT2D eigenvalue weighted by molar-refractivity contribution is 8.93. The molecule has 1 nitrogen and oxygen atoms in total. The fourth-order valence-electron chi connectivity index (χ4n) is 0.619. The van der Waals surface area contributed by atoms with Crippen molar-refractivity contribution < 1.29 is 4.39 Å². The van der Waals surface area contributed by atoms with Crippen molar-refractivity contribution in [1.82, 2.24) is 5.32 Å². The maximum atomic E-state index is 11.9. The van der Waals surface area contributed by atoms with E-state index in [0.29, 0.717) is 13.0 Å². The fraction of sp³-hybridized carbons (Fsp3) is 1.00. The van der Waals surface area contributed by atoms with E-state index >= 15 is 0 Å². The Balaban J connectivity index is 0.000000360. The summed E-state index contributed by atoms with van der Waals surface area (Å²) < 4.78 is 11.9. The van der Waals surface area contributed by atoms with Gasteiger partial charge in [0.25, 0.3) is 0 Å². The van der Waals surface area contributed by atoms with Crippen molar-refractivity contribution in [3.8, 4) is 0 Å². The van der Waals surface area contributed by atoms with E-state index in [1.54, 1.807) is 0 Å². The molecular formula is C4H9BrFN. The summed E-state index contributed by atoms with van der Waals surface area (Å²) in [6, 6.07) is 0. The van der Waals surface area contributed by atoms with E-state index in [-0.39, 0.29) is 17.0 Å². The van der Waals surface area contributed by atoms with E-state index in [2.05, 4.69) is 5.32 Å². The Bertz CT molecular complexity index is 45.0. The smallest absolute Gasteiger partial charge is 0.114 e. The molecule has 0 saturated carbocycles. The molecule has 1 N–H and O–H groups in total. The van der Waals surface area contributed by atoms with Gasteiger partial charge in [-0.25, -0.2) is 4.39 Å². The van der Waals surface area contributed by atoms with Crippen LogP contribution in [0.1, 0.15) is 6.42 Å². The molecule has 0 unspecified atom stereocenters. The van der Waals surface area contributed by atoms with Gasteiger partial charge in [-0.1, -0.05) is 0 Å². The lowest BCUT2D eigenvalue weighted by Gasteiger charge is -1.86. The number of alkyl halides is 1. The average Bonchev–Trinajstić information content (AvgIpc) is 1.86. The van der Waals surface area contributed by atoms with Crippen LogP contribution in [0.2, 0.25) is 0 Å². The Kier molecular flexibility index (Phi) is 3.56. The first kappa shape index (κ1) is 7.37. The van der Waals surface area contributed by atoms with Crippen LogP contribution in [0.15, 0.2) is 0 Å². The largest absolute Gasteiger partial charge is 0.314 e. The van der Waals surface area contributed by atoms with Gasteiger partial charge in [-0.05, 0) is 13.0 Å². The lowest BCUT2D eigenvalue weighted by atomic mass is 10.4. The van der Waals surface area contributed by atoms with Crippen molar-refractivity contribution >= 4 is 17.0 Å². The first-order chi connectivity index (χ1) is 2.89. The summed E-state index contributed by atoms with van der Waals surface area (Å²) in [6.07, 6.45) is 0.144. The molecule has 0 spiro atoms. The van der Waals surface area contributed by atoms with Crippen LogP contribution in [0, 0.1) is 0 Å². The van der Waals surface area contributed by atoms with Crippen molar-refractivity contribution in [3.63, 3.8) is 0 Å². The summed E-state index contributed by atoms with van der Waals surface area (Å²) in [4.78, 5) is 0. The minimum Gasteiger partial charge on any atom is -0.314 e. The molecule has 0 aromatic rings. The molecule has 0 aromatic carbocycles. The van der Waals surface area contributed by atoms with Crippen LogP contribution in [0.5, 0.6) is 0 Å². The molecule has 44 valence electrons. The topological polar surface area (TPSA) is 12.0 Å². The Morgan fingerprint density at radius 2 is 2.29 bits per heavy atom. The highest BCUT2D eigenvalue weighted by Gasteiger charge is 2.10. The second kappa shape index (κ2) is 3.38. The van der Waals surface area contributed by atoms with E-state index < -0.39 is 6.17 Å². The van der Waals surface area contributed by atoms with E-state index in [9.17, 15) is 4.39 Å². The molecule has 3 heteroatoms. The molecule has 1 fully saturated rings. The molecule has 7 heavy (non-hydrogen) atoms. The number of nitrogens with one attached hydrogen (secondary N) is 1. The first-order valence-corrected chi connectivity index (χ1v) is 2.24. The first-order valence-electron chi connectivity index (χ1n) is 2.24. The SMILES string of the molecule is Br.F[C@H]1CCNC1. The van der Waals surface area contributed by atoms with Crippen LogP contribution in [0.3, 0.4) is 0 Å². The minimum absolute atomic E-state index is 0. The zero-order chi connectivity index (χ0) is 4.41. The molecule has 0 amide bonds. The van der Waals surface area contributed by atoms with Gasteiger partial charge in [0.15, 0.2) is 0 Å². The van der Waals surface area contributed by atoms with Gasteiger partial charge in [-0.15, -0.1) is 17.0 Å². The van der Waals surface area contributed by atoms with Gasteiger partial charge in [-0.2, -0.15) is 0 Å². The predicted octanol–water partition coefficient (Wildman–Crippen LogP) is 0.896. The van der Waals surface area contributed by atoms with Gasteiger partial charge in [0.1, 0.15) is 6.17 Å². The minimum atomic E-state index is -0.565. The van der Waals surface area contributed by atoms with Gasteiger partial charge in [0.05, 0.1) is 0 Å². The number of rotatable bonds is 0. The summed E-state index contributed by atoms with van der Waals surface area (Å²) >= 11 is 0. The van der Waals surface area contributed by atoms with E-state index in [1.807, 2.05) is 0 Å². The Morgan fingerprint density at radius 1 is 1.57 bits per heavy atom. The normalized spacial score (nSPS) is 29.6. The summed E-state index contributed by atoms with van der Waals surface area (Å²) in [6.45, 7) is 1.43. The second-order valence-corrected chi connectivity index (χ2v) is 1.59. The molecule has 0 aliphatic carbocycles. The molecule has 1 saturated heterocycles. The molecular weight excluding hydrogens is 161 g/mol. The van der Waals surface area contributed by atoms with Crippen LogP contribution in [-0.4, -0.2) is 19.3 Å². The monoisotopic (exact) mass is 169 g/mol. The zero-order valence-electron chi connectivity index (χ0n) is 3.98. The van der Waals surface area contributed by atoms with Crippen LogP contribution in [0.4, 0.5) is 4.39 Å². The van der Waals surface area contributed by atoms with Gasteiger partial charge in [0.2, 0.25) is 0 Å². The molecule has 1 atom stereocenters. The maximum Gasteiger partial charge on any atom is 0.114 e. The Morgan fingerprint density at radius 3 is 2.43 bits per heavy atom. The Labute approximate surface area is 53.1 Å². The molecule has 0 radical (unpaired) electrons. The van der Waals surface area contributed by atoms with Gasteiger partial charge < -0.3 is 5.32 Å². The highest BCUT2D eigenvalue weighted by Crippen LogP contribution is 1.99. The number of hydrogen-bond acceptors (Lipinski definition) is 1.